The number of rotatable bonds is 2. The molecule has 1 unspecified atom stereocenters. The van der Waals surface area contributed by atoms with Crippen LogP contribution in [-0.4, -0.2) is 14.8 Å². The molecule has 0 radical (unpaired) electrons. The molecule has 3 rings (SSSR count). The van der Waals surface area contributed by atoms with Crippen molar-refractivity contribution in [2.24, 2.45) is 0 Å². The van der Waals surface area contributed by atoms with Gasteiger partial charge in [0.1, 0.15) is 11.6 Å². The average Bonchev–Trinajstić information content (AvgIpc) is 2.90. The van der Waals surface area contributed by atoms with Crippen LogP contribution in [0, 0.1) is 0 Å². The molecule has 2 aromatic rings. The molecular weight excluding hydrogens is 326 g/mol. The van der Waals surface area contributed by atoms with Crippen molar-refractivity contribution in [2.45, 2.75) is 56.8 Å². The molecule has 1 aliphatic rings. The predicted molar refractivity (Wildman–Crippen MR) is 88.9 cm³/mol. The van der Waals surface area contributed by atoms with Crippen molar-refractivity contribution in [3.63, 3.8) is 0 Å². The lowest BCUT2D eigenvalue weighted by molar-refractivity contribution is 0.363. The molecule has 0 spiro atoms. The molecule has 3 nitrogen and oxygen atoms in total. The minimum absolute atomic E-state index is 0.00563. The molecule has 1 aromatic heterocycles. The van der Waals surface area contributed by atoms with Gasteiger partial charge in [-0.3, -0.25) is 0 Å². The monoisotopic (exact) mass is 347 g/mol. The van der Waals surface area contributed by atoms with Gasteiger partial charge in [0.15, 0.2) is 0 Å². The van der Waals surface area contributed by atoms with E-state index in [4.69, 9.17) is 0 Å². The van der Waals surface area contributed by atoms with E-state index in [2.05, 4.69) is 75.7 Å². The normalized spacial score (nSPS) is 18.6. The zero-order chi connectivity index (χ0) is 15.0. The van der Waals surface area contributed by atoms with E-state index < -0.39 is 0 Å². The third kappa shape index (κ3) is 2.66. The minimum atomic E-state index is -0.00563. The lowest BCUT2D eigenvalue weighted by atomic mass is 9.82. The van der Waals surface area contributed by atoms with E-state index >= 15 is 0 Å². The molecular formula is C17H22BrN3. The largest absolute Gasteiger partial charge is 0.308 e. The van der Waals surface area contributed by atoms with Crippen molar-refractivity contribution in [1.82, 2.24) is 14.8 Å². The first-order valence-corrected chi connectivity index (χ1v) is 8.73. The molecule has 1 aromatic carbocycles. The summed E-state index contributed by atoms with van der Waals surface area (Å²) in [5.74, 6) is 2.50. The lowest BCUT2D eigenvalue weighted by Crippen LogP contribution is -2.28. The topological polar surface area (TPSA) is 30.7 Å². The Hall–Kier alpha value is -1.16. The summed E-state index contributed by atoms with van der Waals surface area (Å²) >= 11 is 3.55. The first-order chi connectivity index (χ1) is 10.0. The molecule has 0 aliphatic heterocycles. The molecule has 4 heteroatoms. The summed E-state index contributed by atoms with van der Waals surface area (Å²) in [6, 6.07) is 8.79. The van der Waals surface area contributed by atoms with Gasteiger partial charge in [-0.15, -0.1) is 10.2 Å². The van der Waals surface area contributed by atoms with Crippen LogP contribution in [0.25, 0.3) is 0 Å². The highest BCUT2D eigenvalue weighted by atomic mass is 79.9. The molecule has 1 atom stereocenters. The SMILES string of the molecule is CC(C)(C)n1c(CBr)nnc1C1CCCc2ccccc21. The van der Waals surface area contributed by atoms with E-state index in [1.165, 1.54) is 24.0 Å². The number of fused-ring (bicyclic) bond motifs is 1. The Morgan fingerprint density at radius 3 is 2.71 bits per heavy atom. The van der Waals surface area contributed by atoms with Gasteiger partial charge in [-0.25, -0.2) is 0 Å². The van der Waals surface area contributed by atoms with E-state index in [1.807, 2.05) is 0 Å². The van der Waals surface area contributed by atoms with Crippen molar-refractivity contribution in [2.75, 3.05) is 0 Å². The van der Waals surface area contributed by atoms with Crippen molar-refractivity contribution < 1.29 is 0 Å². The van der Waals surface area contributed by atoms with Gasteiger partial charge in [-0.1, -0.05) is 40.2 Å². The summed E-state index contributed by atoms with van der Waals surface area (Å²) in [6.45, 7) is 6.67. The summed E-state index contributed by atoms with van der Waals surface area (Å²) in [6.07, 6.45) is 3.57. The summed E-state index contributed by atoms with van der Waals surface area (Å²) in [4.78, 5) is 0. The third-order valence-corrected chi connectivity index (χ3v) is 4.73. The van der Waals surface area contributed by atoms with Crippen LogP contribution in [0.4, 0.5) is 0 Å². The van der Waals surface area contributed by atoms with Crippen LogP contribution in [0.1, 0.15) is 62.3 Å². The number of aromatic nitrogens is 3. The van der Waals surface area contributed by atoms with Crippen LogP contribution in [0.5, 0.6) is 0 Å². The standard InChI is InChI=1S/C17H22BrN3/c1-17(2,3)21-15(11-18)19-20-16(21)14-10-6-8-12-7-4-5-9-13(12)14/h4-5,7,9,14H,6,8,10-11H2,1-3H3. The Morgan fingerprint density at radius 1 is 1.24 bits per heavy atom. The van der Waals surface area contributed by atoms with Crippen molar-refractivity contribution in [3.05, 3.63) is 47.0 Å². The number of benzene rings is 1. The maximum atomic E-state index is 4.56. The van der Waals surface area contributed by atoms with E-state index in [-0.39, 0.29) is 5.54 Å². The molecule has 0 saturated heterocycles. The van der Waals surface area contributed by atoms with Crippen LogP contribution < -0.4 is 0 Å². The highest BCUT2D eigenvalue weighted by Crippen LogP contribution is 2.37. The molecule has 112 valence electrons. The van der Waals surface area contributed by atoms with Crippen molar-refractivity contribution in [1.29, 1.82) is 0 Å². The maximum absolute atomic E-state index is 4.56. The van der Waals surface area contributed by atoms with Crippen LogP contribution in [-0.2, 0) is 17.3 Å². The second-order valence-electron chi connectivity index (χ2n) is 6.76. The zero-order valence-corrected chi connectivity index (χ0v) is 14.5. The van der Waals surface area contributed by atoms with E-state index in [0.717, 1.165) is 23.4 Å². The van der Waals surface area contributed by atoms with Crippen LogP contribution in [0.3, 0.4) is 0 Å². The number of nitrogens with zero attached hydrogens (tertiary/aromatic N) is 3. The van der Waals surface area contributed by atoms with Crippen molar-refractivity contribution in [3.8, 4) is 0 Å². The molecule has 0 bridgehead atoms. The fraction of sp³-hybridized carbons (Fsp3) is 0.529. The molecule has 21 heavy (non-hydrogen) atoms. The van der Waals surface area contributed by atoms with Crippen molar-refractivity contribution >= 4 is 15.9 Å². The summed E-state index contributed by atoms with van der Waals surface area (Å²) in [7, 11) is 0. The van der Waals surface area contributed by atoms with Gasteiger partial charge in [-0.2, -0.15) is 0 Å². The first-order valence-electron chi connectivity index (χ1n) is 7.61. The van der Waals surface area contributed by atoms with Gasteiger partial charge < -0.3 is 4.57 Å². The Kier molecular flexibility index (Phi) is 3.91. The summed E-state index contributed by atoms with van der Waals surface area (Å²) in [5, 5.41) is 9.72. The molecule has 0 amide bonds. The van der Waals surface area contributed by atoms with Gasteiger partial charge in [0.25, 0.3) is 0 Å². The van der Waals surface area contributed by atoms with E-state index in [1.54, 1.807) is 0 Å². The average molecular weight is 348 g/mol. The van der Waals surface area contributed by atoms with Gasteiger partial charge >= 0.3 is 0 Å². The van der Waals surface area contributed by atoms with E-state index in [9.17, 15) is 0 Å². The molecule has 0 saturated carbocycles. The second-order valence-corrected chi connectivity index (χ2v) is 7.32. The molecule has 1 heterocycles. The number of aryl methyl sites for hydroxylation is 1. The summed E-state index contributed by atoms with van der Waals surface area (Å²) < 4.78 is 2.31. The number of alkyl halides is 1. The van der Waals surface area contributed by atoms with Gasteiger partial charge in [-0.05, 0) is 51.2 Å². The molecule has 0 fully saturated rings. The fourth-order valence-electron chi connectivity index (χ4n) is 3.40. The van der Waals surface area contributed by atoms with Crippen LogP contribution in [0.2, 0.25) is 0 Å². The fourth-order valence-corrected chi connectivity index (χ4v) is 3.76. The van der Waals surface area contributed by atoms with E-state index in [0.29, 0.717) is 5.92 Å². The quantitative estimate of drug-likeness (QED) is 0.754. The number of hydrogen-bond acceptors (Lipinski definition) is 2. The van der Waals surface area contributed by atoms with Crippen LogP contribution >= 0.6 is 15.9 Å². The molecule has 0 N–H and O–H groups in total. The first kappa shape index (κ1) is 14.8. The Morgan fingerprint density at radius 2 is 2.00 bits per heavy atom. The Labute approximate surface area is 134 Å². The predicted octanol–water partition coefficient (Wildman–Crippen LogP) is 4.40. The number of halogens is 1. The maximum Gasteiger partial charge on any atom is 0.144 e. The van der Waals surface area contributed by atoms with Crippen LogP contribution in [0.15, 0.2) is 24.3 Å². The Bertz CT molecular complexity index is 640. The lowest BCUT2D eigenvalue weighted by Gasteiger charge is -2.30. The molecule has 1 aliphatic carbocycles. The summed E-state index contributed by atoms with van der Waals surface area (Å²) in [5.41, 5.74) is 2.90. The van der Waals surface area contributed by atoms with Gasteiger partial charge in [0, 0.05) is 11.5 Å². The zero-order valence-electron chi connectivity index (χ0n) is 12.9. The Balaban J connectivity index is 2.13. The van der Waals surface area contributed by atoms with Gasteiger partial charge in [0.2, 0.25) is 0 Å². The highest BCUT2D eigenvalue weighted by Gasteiger charge is 2.30. The highest BCUT2D eigenvalue weighted by molar-refractivity contribution is 9.08. The third-order valence-electron chi connectivity index (χ3n) is 4.23. The number of hydrogen-bond donors (Lipinski definition) is 0. The van der Waals surface area contributed by atoms with Gasteiger partial charge in [0.05, 0.1) is 5.33 Å². The second kappa shape index (κ2) is 5.56. The minimum Gasteiger partial charge on any atom is -0.308 e. The smallest absolute Gasteiger partial charge is 0.144 e.